The second-order valence-electron chi connectivity index (χ2n) is 6.79. The Bertz CT molecular complexity index is 805. The predicted octanol–water partition coefficient (Wildman–Crippen LogP) is 3.55. The Morgan fingerprint density at radius 2 is 2.07 bits per heavy atom. The Hall–Kier alpha value is -3.02. The smallest absolute Gasteiger partial charge is 0.224 e. The van der Waals surface area contributed by atoms with Gasteiger partial charge in [0.15, 0.2) is 0 Å². The molecule has 142 valence electrons. The van der Waals surface area contributed by atoms with Gasteiger partial charge in [-0.15, -0.1) is 0 Å². The van der Waals surface area contributed by atoms with E-state index < -0.39 is 0 Å². The van der Waals surface area contributed by atoms with Crippen LogP contribution in [0.5, 0.6) is 0 Å². The van der Waals surface area contributed by atoms with Gasteiger partial charge in [0, 0.05) is 23.7 Å². The molecule has 3 rings (SSSR count). The van der Waals surface area contributed by atoms with Gasteiger partial charge in [0.25, 0.3) is 0 Å². The summed E-state index contributed by atoms with van der Waals surface area (Å²) in [6.45, 7) is 3.76. The Morgan fingerprint density at radius 3 is 2.78 bits per heavy atom. The van der Waals surface area contributed by atoms with Crippen molar-refractivity contribution in [2.45, 2.75) is 44.6 Å². The monoisotopic (exact) mass is 365 g/mol. The fourth-order valence-corrected chi connectivity index (χ4v) is 2.85. The highest BCUT2D eigenvalue weighted by molar-refractivity contribution is 5.90. The molecule has 4 N–H and O–H groups in total. The Labute approximate surface area is 160 Å². The number of amides is 1. The largest absolute Gasteiger partial charge is 0.383 e. The summed E-state index contributed by atoms with van der Waals surface area (Å²) >= 11 is 0. The molecule has 0 saturated heterocycles. The van der Waals surface area contributed by atoms with Crippen molar-refractivity contribution in [3.05, 3.63) is 60.8 Å². The average Bonchev–Trinajstić information content (AvgIpc) is 3.41. The van der Waals surface area contributed by atoms with E-state index in [4.69, 9.17) is 5.73 Å². The summed E-state index contributed by atoms with van der Waals surface area (Å²) in [6.07, 6.45) is 10.8. The molecule has 6 nitrogen and oxygen atoms in total. The first-order chi connectivity index (χ1) is 13.2. The molecule has 27 heavy (non-hydrogen) atoms. The molecule has 1 aromatic heterocycles. The van der Waals surface area contributed by atoms with Crippen LogP contribution in [0.3, 0.4) is 0 Å². The van der Waals surface area contributed by atoms with Crippen LogP contribution in [0, 0.1) is 0 Å². The molecule has 0 aliphatic heterocycles. The molecule has 1 amide bonds. The number of unbranched alkanes of at least 4 members (excludes halogenated alkanes) is 1. The van der Waals surface area contributed by atoms with Gasteiger partial charge in [-0.3, -0.25) is 4.79 Å². The van der Waals surface area contributed by atoms with Crippen LogP contribution in [0.4, 0.5) is 11.5 Å². The molecule has 1 saturated carbocycles. The van der Waals surface area contributed by atoms with Crippen LogP contribution in [0.1, 0.15) is 37.7 Å². The lowest BCUT2D eigenvalue weighted by Gasteiger charge is -2.11. The normalized spacial score (nSPS) is 14.0. The number of nitrogens with zero attached hydrogens (tertiary/aromatic N) is 2. The number of aryl methyl sites for hydroxylation is 1. The SMILES string of the molecule is C=C/C=C(/NC1CC1)n1ncc(CCCCC(=O)Nc2ccccc2)c1N. The van der Waals surface area contributed by atoms with Gasteiger partial charge in [-0.2, -0.15) is 5.10 Å². The van der Waals surface area contributed by atoms with Gasteiger partial charge < -0.3 is 16.4 Å². The lowest BCUT2D eigenvalue weighted by molar-refractivity contribution is -0.116. The number of para-hydroxylation sites is 1. The maximum Gasteiger partial charge on any atom is 0.224 e. The molecule has 1 fully saturated rings. The zero-order valence-corrected chi connectivity index (χ0v) is 15.5. The number of carbonyl (C=O) groups is 1. The molecule has 2 aromatic rings. The van der Waals surface area contributed by atoms with Crippen LogP contribution in [-0.2, 0) is 11.2 Å². The molecule has 1 heterocycles. The highest BCUT2D eigenvalue weighted by Gasteiger charge is 2.23. The molecule has 0 atom stereocenters. The number of anilines is 2. The van der Waals surface area contributed by atoms with Gasteiger partial charge in [-0.1, -0.05) is 30.9 Å². The van der Waals surface area contributed by atoms with Gasteiger partial charge >= 0.3 is 0 Å². The van der Waals surface area contributed by atoms with E-state index in [2.05, 4.69) is 22.3 Å². The van der Waals surface area contributed by atoms with Gasteiger partial charge in [-0.25, -0.2) is 4.68 Å². The Balaban J connectivity index is 1.47. The van der Waals surface area contributed by atoms with Crippen molar-refractivity contribution in [3.63, 3.8) is 0 Å². The van der Waals surface area contributed by atoms with E-state index in [1.165, 1.54) is 12.8 Å². The second-order valence-corrected chi connectivity index (χ2v) is 6.79. The number of nitrogens with one attached hydrogen (secondary N) is 2. The quantitative estimate of drug-likeness (QED) is 0.444. The van der Waals surface area contributed by atoms with E-state index in [1.54, 1.807) is 10.8 Å². The van der Waals surface area contributed by atoms with Crippen molar-refractivity contribution in [1.82, 2.24) is 15.1 Å². The van der Waals surface area contributed by atoms with E-state index in [0.717, 1.165) is 36.3 Å². The molecule has 0 bridgehead atoms. The Morgan fingerprint density at radius 1 is 1.30 bits per heavy atom. The molecular weight excluding hydrogens is 338 g/mol. The number of carbonyl (C=O) groups excluding carboxylic acids is 1. The third kappa shape index (κ3) is 5.48. The van der Waals surface area contributed by atoms with Crippen molar-refractivity contribution in [2.24, 2.45) is 0 Å². The molecule has 1 aromatic carbocycles. The average molecular weight is 365 g/mol. The summed E-state index contributed by atoms with van der Waals surface area (Å²) in [6, 6.07) is 10.0. The molecule has 0 unspecified atom stereocenters. The number of hydrogen-bond donors (Lipinski definition) is 3. The number of benzene rings is 1. The minimum absolute atomic E-state index is 0.0368. The summed E-state index contributed by atoms with van der Waals surface area (Å²) in [5.74, 6) is 1.54. The lowest BCUT2D eigenvalue weighted by atomic mass is 10.1. The lowest BCUT2D eigenvalue weighted by Crippen LogP contribution is -2.21. The zero-order valence-electron chi connectivity index (χ0n) is 15.5. The van der Waals surface area contributed by atoms with Crippen LogP contribution < -0.4 is 16.4 Å². The molecule has 1 aliphatic carbocycles. The predicted molar refractivity (Wildman–Crippen MR) is 110 cm³/mol. The minimum Gasteiger partial charge on any atom is -0.383 e. The van der Waals surface area contributed by atoms with Crippen LogP contribution in [-0.4, -0.2) is 21.7 Å². The van der Waals surface area contributed by atoms with E-state index >= 15 is 0 Å². The second kappa shape index (κ2) is 9.07. The first-order valence-electron chi connectivity index (χ1n) is 9.44. The summed E-state index contributed by atoms with van der Waals surface area (Å²) < 4.78 is 1.73. The maximum absolute atomic E-state index is 12.0. The molecule has 0 spiro atoms. The molecule has 0 radical (unpaired) electrons. The number of hydrogen-bond acceptors (Lipinski definition) is 4. The molecule has 1 aliphatic rings. The summed E-state index contributed by atoms with van der Waals surface area (Å²) in [5.41, 5.74) is 8.12. The van der Waals surface area contributed by atoms with Gasteiger partial charge in [0.1, 0.15) is 11.6 Å². The van der Waals surface area contributed by atoms with Crippen molar-refractivity contribution in [2.75, 3.05) is 11.1 Å². The van der Waals surface area contributed by atoms with E-state index in [9.17, 15) is 4.79 Å². The van der Waals surface area contributed by atoms with Crippen molar-refractivity contribution in [1.29, 1.82) is 0 Å². The molecule has 6 heteroatoms. The number of allylic oxidation sites excluding steroid dienone is 2. The maximum atomic E-state index is 12.0. The third-order valence-corrected chi connectivity index (χ3v) is 4.48. The van der Waals surface area contributed by atoms with Crippen molar-refractivity contribution in [3.8, 4) is 0 Å². The Kier molecular flexibility index (Phi) is 6.30. The standard InChI is InChI=1S/C21H27N5O/c1-2-8-19(24-18-13-14-18)26-21(22)16(15-23-26)9-6-7-12-20(27)25-17-10-4-3-5-11-17/h2-5,8,10-11,15,18,24H,1,6-7,9,12-14,22H2,(H,25,27)/b19-8-. The van der Waals surface area contributed by atoms with E-state index in [0.29, 0.717) is 18.3 Å². The van der Waals surface area contributed by atoms with E-state index in [1.807, 2.05) is 42.6 Å². The van der Waals surface area contributed by atoms with Gasteiger partial charge in [0.05, 0.1) is 6.20 Å². The highest BCUT2D eigenvalue weighted by Crippen LogP contribution is 2.24. The zero-order chi connectivity index (χ0) is 19.1. The van der Waals surface area contributed by atoms with Crippen molar-refractivity contribution >= 4 is 23.2 Å². The number of rotatable bonds is 10. The van der Waals surface area contributed by atoms with Crippen LogP contribution in [0.2, 0.25) is 0 Å². The van der Waals surface area contributed by atoms with Crippen molar-refractivity contribution < 1.29 is 4.79 Å². The fraction of sp³-hybridized carbons (Fsp3) is 0.333. The van der Waals surface area contributed by atoms with E-state index in [-0.39, 0.29) is 5.91 Å². The third-order valence-electron chi connectivity index (χ3n) is 4.48. The van der Waals surface area contributed by atoms with Crippen LogP contribution >= 0.6 is 0 Å². The first kappa shape index (κ1) is 18.8. The number of nitrogens with two attached hydrogens (primary N) is 1. The summed E-state index contributed by atoms with van der Waals surface area (Å²) in [4.78, 5) is 12.0. The van der Waals surface area contributed by atoms with Crippen LogP contribution in [0.15, 0.2) is 55.3 Å². The van der Waals surface area contributed by atoms with Gasteiger partial charge in [-0.05, 0) is 50.3 Å². The summed E-state index contributed by atoms with van der Waals surface area (Å²) in [7, 11) is 0. The first-order valence-corrected chi connectivity index (χ1v) is 9.44. The highest BCUT2D eigenvalue weighted by atomic mass is 16.1. The van der Waals surface area contributed by atoms with Crippen LogP contribution in [0.25, 0.3) is 5.82 Å². The summed E-state index contributed by atoms with van der Waals surface area (Å²) in [5, 5.41) is 10.7. The number of aromatic nitrogens is 2. The fourth-order valence-electron chi connectivity index (χ4n) is 2.85. The topological polar surface area (TPSA) is 85.0 Å². The number of nitrogen functional groups attached to an aromatic ring is 1. The minimum atomic E-state index is 0.0368. The molecular formula is C21H27N5O. The van der Waals surface area contributed by atoms with Gasteiger partial charge in [0.2, 0.25) is 5.91 Å².